The summed E-state index contributed by atoms with van der Waals surface area (Å²) in [6, 6.07) is 19.6. The van der Waals surface area contributed by atoms with Crippen LogP contribution in [-0.4, -0.2) is 4.98 Å². The Kier molecular flexibility index (Phi) is 4.18. The molecule has 0 spiro atoms. The van der Waals surface area contributed by atoms with Gasteiger partial charge in [0, 0.05) is 16.4 Å². The minimum Gasteiger partial charge on any atom is -0.379 e. The minimum atomic E-state index is 0.692. The first-order valence-corrected chi connectivity index (χ1v) is 7.40. The van der Waals surface area contributed by atoms with E-state index in [-0.39, 0.29) is 0 Å². The summed E-state index contributed by atoms with van der Waals surface area (Å²) in [5.74, 6) is 0. The fraction of sp³-hybridized carbons (Fsp3) is 0.0588. The number of aromatic amines is 1. The van der Waals surface area contributed by atoms with Crippen LogP contribution in [0.1, 0.15) is 5.69 Å². The molecule has 2 aromatic carbocycles. The lowest BCUT2D eigenvalue weighted by Crippen LogP contribution is -1.99. The molecule has 0 bridgehead atoms. The summed E-state index contributed by atoms with van der Waals surface area (Å²) >= 11 is 12.2. The average Bonchev–Trinajstić information content (AvgIpc) is 2.88. The van der Waals surface area contributed by atoms with Crippen LogP contribution >= 0.6 is 23.2 Å². The molecule has 3 aromatic rings. The molecule has 4 heteroatoms. The van der Waals surface area contributed by atoms with Gasteiger partial charge in [0.2, 0.25) is 0 Å². The van der Waals surface area contributed by atoms with Crippen molar-refractivity contribution in [2.75, 3.05) is 5.32 Å². The SMILES string of the molecule is Clc1ccc(-c2[nH]c(CNc3ccccc3)cc2Cl)cc1. The van der Waals surface area contributed by atoms with Gasteiger partial charge in [0.25, 0.3) is 0 Å². The number of para-hydroxylation sites is 1. The van der Waals surface area contributed by atoms with Crippen LogP contribution in [0.25, 0.3) is 11.3 Å². The maximum Gasteiger partial charge on any atom is 0.0665 e. The highest BCUT2D eigenvalue weighted by molar-refractivity contribution is 6.33. The zero-order chi connectivity index (χ0) is 14.7. The van der Waals surface area contributed by atoms with Gasteiger partial charge >= 0.3 is 0 Å². The smallest absolute Gasteiger partial charge is 0.0665 e. The molecule has 1 aromatic heterocycles. The quantitative estimate of drug-likeness (QED) is 0.644. The number of aromatic nitrogens is 1. The molecule has 2 nitrogen and oxygen atoms in total. The lowest BCUT2D eigenvalue weighted by atomic mass is 10.2. The van der Waals surface area contributed by atoms with Gasteiger partial charge in [-0.3, -0.25) is 0 Å². The van der Waals surface area contributed by atoms with E-state index in [1.165, 1.54) is 0 Å². The van der Waals surface area contributed by atoms with Crippen molar-refractivity contribution in [3.63, 3.8) is 0 Å². The number of rotatable bonds is 4. The van der Waals surface area contributed by atoms with Gasteiger partial charge in [-0.15, -0.1) is 0 Å². The Morgan fingerprint density at radius 2 is 1.62 bits per heavy atom. The maximum atomic E-state index is 6.31. The van der Waals surface area contributed by atoms with E-state index in [4.69, 9.17) is 23.2 Å². The highest BCUT2D eigenvalue weighted by Crippen LogP contribution is 2.29. The monoisotopic (exact) mass is 316 g/mol. The standard InChI is InChI=1S/C17H14Cl2N2/c18-13-8-6-12(7-9-13)17-16(19)10-15(21-17)11-20-14-4-2-1-3-5-14/h1-10,20-21H,11H2. The van der Waals surface area contributed by atoms with Crippen LogP contribution in [0.3, 0.4) is 0 Å². The van der Waals surface area contributed by atoms with Gasteiger partial charge < -0.3 is 10.3 Å². The highest BCUT2D eigenvalue weighted by Gasteiger charge is 2.08. The Morgan fingerprint density at radius 1 is 0.905 bits per heavy atom. The number of nitrogens with one attached hydrogen (secondary N) is 2. The summed E-state index contributed by atoms with van der Waals surface area (Å²) in [6.45, 7) is 0.692. The molecule has 0 radical (unpaired) electrons. The molecule has 0 saturated heterocycles. The van der Waals surface area contributed by atoms with E-state index in [1.54, 1.807) is 0 Å². The Hall–Kier alpha value is -1.90. The zero-order valence-electron chi connectivity index (χ0n) is 11.2. The van der Waals surface area contributed by atoms with Crippen molar-refractivity contribution >= 4 is 28.9 Å². The molecule has 0 unspecified atom stereocenters. The second-order valence-corrected chi connectivity index (χ2v) is 5.59. The van der Waals surface area contributed by atoms with Crippen molar-refractivity contribution in [2.45, 2.75) is 6.54 Å². The topological polar surface area (TPSA) is 27.8 Å². The molecule has 0 fully saturated rings. The van der Waals surface area contributed by atoms with Crippen molar-refractivity contribution in [3.05, 3.63) is 76.4 Å². The first-order valence-electron chi connectivity index (χ1n) is 6.64. The maximum absolute atomic E-state index is 6.31. The second kappa shape index (κ2) is 6.25. The first kappa shape index (κ1) is 14.1. The Labute approximate surface area is 133 Å². The van der Waals surface area contributed by atoms with E-state index in [9.17, 15) is 0 Å². The summed E-state index contributed by atoms with van der Waals surface area (Å²) in [6.07, 6.45) is 0. The van der Waals surface area contributed by atoms with Crippen LogP contribution in [0.15, 0.2) is 60.7 Å². The van der Waals surface area contributed by atoms with Crippen LogP contribution in [0.5, 0.6) is 0 Å². The number of anilines is 1. The number of halogens is 2. The lowest BCUT2D eigenvalue weighted by Gasteiger charge is -2.04. The fourth-order valence-corrected chi connectivity index (χ4v) is 2.57. The molecule has 0 saturated carbocycles. The molecular formula is C17H14Cl2N2. The third-order valence-electron chi connectivity index (χ3n) is 3.21. The predicted octanol–water partition coefficient (Wildman–Crippen LogP) is 5.60. The highest BCUT2D eigenvalue weighted by atomic mass is 35.5. The average molecular weight is 317 g/mol. The van der Waals surface area contributed by atoms with E-state index in [0.29, 0.717) is 16.6 Å². The molecular weight excluding hydrogens is 303 g/mol. The lowest BCUT2D eigenvalue weighted by molar-refractivity contribution is 1.08. The summed E-state index contributed by atoms with van der Waals surface area (Å²) in [4.78, 5) is 3.35. The second-order valence-electron chi connectivity index (χ2n) is 4.74. The van der Waals surface area contributed by atoms with E-state index >= 15 is 0 Å². The minimum absolute atomic E-state index is 0.692. The van der Waals surface area contributed by atoms with E-state index < -0.39 is 0 Å². The Balaban J connectivity index is 1.76. The Morgan fingerprint density at radius 3 is 2.33 bits per heavy atom. The number of H-pyrrole nitrogens is 1. The molecule has 106 valence electrons. The van der Waals surface area contributed by atoms with E-state index in [1.807, 2.05) is 60.7 Å². The third kappa shape index (κ3) is 3.41. The molecule has 0 aliphatic carbocycles. The molecule has 0 aliphatic rings. The van der Waals surface area contributed by atoms with Gasteiger partial charge in [-0.2, -0.15) is 0 Å². The van der Waals surface area contributed by atoms with Gasteiger partial charge in [0.05, 0.1) is 17.3 Å². The van der Waals surface area contributed by atoms with Gasteiger partial charge in [-0.05, 0) is 35.9 Å². The molecule has 3 rings (SSSR count). The van der Waals surface area contributed by atoms with Crippen LogP contribution in [0, 0.1) is 0 Å². The zero-order valence-corrected chi connectivity index (χ0v) is 12.7. The van der Waals surface area contributed by atoms with Gasteiger partial charge in [0.1, 0.15) is 0 Å². The number of hydrogen-bond acceptors (Lipinski definition) is 1. The first-order chi connectivity index (χ1) is 10.2. The third-order valence-corrected chi connectivity index (χ3v) is 3.77. The Bertz CT molecular complexity index is 718. The normalized spacial score (nSPS) is 10.6. The van der Waals surface area contributed by atoms with E-state index in [0.717, 1.165) is 22.6 Å². The van der Waals surface area contributed by atoms with Gasteiger partial charge in [-0.25, -0.2) is 0 Å². The number of benzene rings is 2. The van der Waals surface area contributed by atoms with Crippen LogP contribution in [0.2, 0.25) is 10.0 Å². The summed E-state index contributed by atoms with van der Waals surface area (Å²) < 4.78 is 0. The summed E-state index contributed by atoms with van der Waals surface area (Å²) in [5, 5.41) is 4.78. The van der Waals surface area contributed by atoms with E-state index in [2.05, 4.69) is 10.3 Å². The van der Waals surface area contributed by atoms with Crippen molar-refractivity contribution in [1.29, 1.82) is 0 Å². The summed E-state index contributed by atoms with van der Waals surface area (Å²) in [5.41, 5.74) is 4.05. The van der Waals surface area contributed by atoms with Crippen LogP contribution < -0.4 is 5.32 Å². The molecule has 2 N–H and O–H groups in total. The largest absolute Gasteiger partial charge is 0.379 e. The molecule has 0 amide bonds. The molecule has 0 aliphatic heterocycles. The fourth-order valence-electron chi connectivity index (χ4n) is 2.16. The van der Waals surface area contributed by atoms with Crippen molar-refractivity contribution in [2.24, 2.45) is 0 Å². The molecule has 21 heavy (non-hydrogen) atoms. The molecule has 0 atom stereocenters. The van der Waals surface area contributed by atoms with Crippen LogP contribution in [0.4, 0.5) is 5.69 Å². The van der Waals surface area contributed by atoms with Crippen LogP contribution in [-0.2, 0) is 6.54 Å². The van der Waals surface area contributed by atoms with Crippen molar-refractivity contribution < 1.29 is 0 Å². The number of hydrogen-bond donors (Lipinski definition) is 2. The summed E-state index contributed by atoms with van der Waals surface area (Å²) in [7, 11) is 0. The van der Waals surface area contributed by atoms with Crippen molar-refractivity contribution in [3.8, 4) is 11.3 Å². The van der Waals surface area contributed by atoms with Gasteiger partial charge in [-0.1, -0.05) is 53.5 Å². The predicted molar refractivity (Wildman–Crippen MR) is 90.0 cm³/mol. The van der Waals surface area contributed by atoms with Crippen molar-refractivity contribution in [1.82, 2.24) is 4.98 Å². The van der Waals surface area contributed by atoms with Gasteiger partial charge in [0.15, 0.2) is 0 Å². The molecule has 1 heterocycles.